The molecular weight excluding hydrogens is 322 g/mol. The van der Waals surface area contributed by atoms with Gasteiger partial charge in [-0.15, -0.1) is 0 Å². The summed E-state index contributed by atoms with van der Waals surface area (Å²) in [5.41, 5.74) is 4.05. The molecule has 2 aliphatic heterocycles. The number of piperidine rings is 1. The van der Waals surface area contributed by atoms with Crippen molar-refractivity contribution < 1.29 is 9.53 Å². The second-order valence-corrected chi connectivity index (χ2v) is 9.49. The number of aryl methyl sites for hydroxylation is 2. The summed E-state index contributed by atoms with van der Waals surface area (Å²) in [4.78, 5) is 15.0. The number of hydrogen-bond donors (Lipinski definition) is 0. The lowest BCUT2D eigenvalue weighted by molar-refractivity contribution is -0.214. The fourth-order valence-electron chi connectivity index (χ4n) is 5.26. The van der Waals surface area contributed by atoms with Crippen molar-refractivity contribution in [1.29, 1.82) is 0 Å². The van der Waals surface area contributed by atoms with Gasteiger partial charge in [0, 0.05) is 19.0 Å². The molecule has 0 saturated carbocycles. The molecular formula is C23H33NO2. The molecule has 0 spiro atoms. The van der Waals surface area contributed by atoms with Gasteiger partial charge < -0.3 is 9.64 Å². The first-order valence-electron chi connectivity index (χ1n) is 10.4. The molecule has 2 atom stereocenters. The van der Waals surface area contributed by atoms with Crippen LogP contribution in [0.2, 0.25) is 0 Å². The highest BCUT2D eigenvalue weighted by molar-refractivity contribution is 5.79. The van der Waals surface area contributed by atoms with Gasteiger partial charge in [-0.25, -0.2) is 0 Å². The van der Waals surface area contributed by atoms with Gasteiger partial charge in [0.05, 0.1) is 17.6 Å². The largest absolute Gasteiger partial charge is 0.369 e. The summed E-state index contributed by atoms with van der Waals surface area (Å²) in [5.74, 6) is 0.754. The predicted molar refractivity (Wildman–Crippen MR) is 104 cm³/mol. The van der Waals surface area contributed by atoms with Crippen LogP contribution in [0, 0.1) is 5.92 Å². The molecule has 3 heteroatoms. The normalized spacial score (nSPS) is 30.4. The first-order chi connectivity index (χ1) is 12.3. The van der Waals surface area contributed by atoms with Crippen molar-refractivity contribution in [2.75, 3.05) is 13.1 Å². The van der Waals surface area contributed by atoms with Gasteiger partial charge in [0.25, 0.3) is 0 Å². The summed E-state index contributed by atoms with van der Waals surface area (Å²) in [6, 6.07) is 6.70. The van der Waals surface area contributed by atoms with Gasteiger partial charge in [-0.3, -0.25) is 4.79 Å². The van der Waals surface area contributed by atoms with E-state index in [9.17, 15) is 4.79 Å². The molecule has 3 aliphatic rings. The number of rotatable bonds is 2. The van der Waals surface area contributed by atoms with Gasteiger partial charge in [-0.2, -0.15) is 0 Å². The standard InChI is InChI=1S/C23H33NO2/c1-22(2)11-10-20-16-24(13-12-23(20,3)26-22)21(25)15-17-8-9-18-6-4-5-7-19(18)14-17/h8-9,14,20H,4-7,10-13,15-16H2,1-3H3/t20-,23+/m0/s1. The van der Waals surface area contributed by atoms with Crippen molar-refractivity contribution in [2.45, 2.75) is 83.3 Å². The molecule has 0 bridgehead atoms. The lowest BCUT2D eigenvalue weighted by atomic mass is 9.74. The SMILES string of the molecule is CC1(C)CC[C@H]2CN(C(=O)Cc3ccc4c(c3)CCCC4)CC[C@@]2(C)O1. The first-order valence-corrected chi connectivity index (χ1v) is 10.4. The van der Waals surface area contributed by atoms with Crippen molar-refractivity contribution in [3.8, 4) is 0 Å². The monoisotopic (exact) mass is 355 g/mol. The molecule has 3 nitrogen and oxygen atoms in total. The molecule has 0 unspecified atom stereocenters. The van der Waals surface area contributed by atoms with E-state index in [4.69, 9.17) is 4.74 Å². The van der Waals surface area contributed by atoms with Crippen LogP contribution in [0.25, 0.3) is 0 Å². The molecule has 1 aromatic carbocycles. The van der Waals surface area contributed by atoms with Crippen molar-refractivity contribution >= 4 is 5.91 Å². The number of carbonyl (C=O) groups excluding carboxylic acids is 1. The number of benzene rings is 1. The molecule has 2 heterocycles. The average Bonchev–Trinajstić information content (AvgIpc) is 2.60. The molecule has 26 heavy (non-hydrogen) atoms. The zero-order valence-electron chi connectivity index (χ0n) is 16.6. The smallest absolute Gasteiger partial charge is 0.227 e. The highest BCUT2D eigenvalue weighted by Gasteiger charge is 2.47. The van der Waals surface area contributed by atoms with Crippen molar-refractivity contribution in [2.24, 2.45) is 5.92 Å². The van der Waals surface area contributed by atoms with E-state index in [1.807, 2.05) is 0 Å². The average molecular weight is 356 g/mol. The van der Waals surface area contributed by atoms with Gasteiger partial charge >= 0.3 is 0 Å². The molecule has 1 aliphatic carbocycles. The van der Waals surface area contributed by atoms with Crippen LogP contribution >= 0.6 is 0 Å². The van der Waals surface area contributed by atoms with E-state index in [0.717, 1.165) is 32.4 Å². The number of hydrogen-bond acceptors (Lipinski definition) is 2. The first kappa shape index (κ1) is 18.0. The Balaban J connectivity index is 1.40. The maximum atomic E-state index is 12.9. The zero-order valence-corrected chi connectivity index (χ0v) is 16.6. The van der Waals surface area contributed by atoms with E-state index in [0.29, 0.717) is 12.3 Å². The van der Waals surface area contributed by atoms with E-state index in [-0.39, 0.29) is 17.1 Å². The van der Waals surface area contributed by atoms with Gasteiger partial charge in [0.1, 0.15) is 0 Å². The molecule has 2 saturated heterocycles. The second kappa shape index (κ2) is 6.67. The van der Waals surface area contributed by atoms with Crippen LogP contribution in [0.5, 0.6) is 0 Å². The van der Waals surface area contributed by atoms with E-state index < -0.39 is 0 Å². The fourth-order valence-corrected chi connectivity index (χ4v) is 5.26. The molecule has 0 aromatic heterocycles. The quantitative estimate of drug-likeness (QED) is 0.791. The maximum Gasteiger partial charge on any atom is 0.227 e. The van der Waals surface area contributed by atoms with Crippen LogP contribution in [0.3, 0.4) is 0 Å². The number of carbonyl (C=O) groups is 1. The third-order valence-corrected chi connectivity index (χ3v) is 6.91. The Bertz CT molecular complexity index is 695. The summed E-state index contributed by atoms with van der Waals surface area (Å²) >= 11 is 0. The Morgan fingerprint density at radius 2 is 1.92 bits per heavy atom. The third-order valence-electron chi connectivity index (χ3n) is 6.91. The minimum Gasteiger partial charge on any atom is -0.369 e. The van der Waals surface area contributed by atoms with Crippen molar-refractivity contribution in [3.05, 3.63) is 34.9 Å². The lowest BCUT2D eigenvalue weighted by Gasteiger charge is -2.53. The maximum absolute atomic E-state index is 12.9. The minimum absolute atomic E-state index is 0.0272. The Morgan fingerprint density at radius 1 is 1.15 bits per heavy atom. The van der Waals surface area contributed by atoms with Crippen LogP contribution in [-0.2, 0) is 28.8 Å². The topological polar surface area (TPSA) is 29.5 Å². The molecule has 4 rings (SSSR count). The number of ether oxygens (including phenoxy) is 1. The number of nitrogens with zero attached hydrogens (tertiary/aromatic N) is 1. The Kier molecular flexibility index (Phi) is 4.63. The number of amides is 1. The van der Waals surface area contributed by atoms with Gasteiger partial charge in [-0.1, -0.05) is 18.2 Å². The van der Waals surface area contributed by atoms with Crippen LogP contribution in [-0.4, -0.2) is 35.1 Å². The molecule has 0 radical (unpaired) electrons. The summed E-state index contributed by atoms with van der Waals surface area (Å²) in [6.07, 6.45) is 8.71. The number of fused-ring (bicyclic) bond motifs is 2. The molecule has 2 fully saturated rings. The summed E-state index contributed by atoms with van der Waals surface area (Å²) in [7, 11) is 0. The van der Waals surface area contributed by atoms with Crippen LogP contribution in [0.1, 0.15) is 69.6 Å². The number of likely N-dealkylation sites (tertiary alicyclic amines) is 1. The molecule has 142 valence electrons. The fraction of sp³-hybridized carbons (Fsp3) is 0.696. The molecule has 0 N–H and O–H groups in total. The van der Waals surface area contributed by atoms with E-state index in [1.165, 1.54) is 42.4 Å². The third kappa shape index (κ3) is 3.55. The van der Waals surface area contributed by atoms with Gasteiger partial charge in [0.15, 0.2) is 0 Å². The van der Waals surface area contributed by atoms with Crippen molar-refractivity contribution in [3.63, 3.8) is 0 Å². The lowest BCUT2D eigenvalue weighted by Crippen LogP contribution is -2.58. The highest BCUT2D eigenvalue weighted by Crippen LogP contribution is 2.44. The molecule has 1 aromatic rings. The Hall–Kier alpha value is -1.35. The van der Waals surface area contributed by atoms with Gasteiger partial charge in [0.2, 0.25) is 5.91 Å². The van der Waals surface area contributed by atoms with Crippen molar-refractivity contribution in [1.82, 2.24) is 4.90 Å². The van der Waals surface area contributed by atoms with Gasteiger partial charge in [-0.05, 0) is 82.4 Å². The summed E-state index contributed by atoms with van der Waals surface area (Å²) in [6.45, 7) is 8.33. The Morgan fingerprint density at radius 3 is 2.73 bits per heavy atom. The summed E-state index contributed by atoms with van der Waals surface area (Å²) in [5, 5.41) is 0. The molecule has 1 amide bonds. The Labute approximate surface area is 158 Å². The highest BCUT2D eigenvalue weighted by atomic mass is 16.5. The minimum atomic E-state index is -0.0651. The predicted octanol–water partition coefficient (Wildman–Crippen LogP) is 4.30. The second-order valence-electron chi connectivity index (χ2n) is 9.49. The van der Waals surface area contributed by atoms with E-state index in [2.05, 4.69) is 43.9 Å². The zero-order chi connectivity index (χ0) is 18.4. The van der Waals surface area contributed by atoms with E-state index >= 15 is 0 Å². The van der Waals surface area contributed by atoms with Crippen LogP contribution in [0.15, 0.2) is 18.2 Å². The summed E-state index contributed by atoms with van der Waals surface area (Å²) < 4.78 is 6.44. The van der Waals surface area contributed by atoms with Crippen LogP contribution < -0.4 is 0 Å². The van der Waals surface area contributed by atoms with E-state index in [1.54, 1.807) is 0 Å². The van der Waals surface area contributed by atoms with Crippen LogP contribution in [0.4, 0.5) is 0 Å².